The van der Waals surface area contributed by atoms with E-state index in [0.717, 1.165) is 17.9 Å². The van der Waals surface area contributed by atoms with Gasteiger partial charge in [0.2, 0.25) is 0 Å². The Morgan fingerprint density at radius 2 is 2.30 bits per heavy atom. The van der Waals surface area contributed by atoms with Crippen molar-refractivity contribution in [3.8, 4) is 0 Å². The molecule has 3 N–H and O–H groups in total. The predicted molar refractivity (Wildman–Crippen MR) is 48.7 cm³/mol. The summed E-state index contributed by atoms with van der Waals surface area (Å²) in [6, 6.07) is 0. The second-order valence-electron chi connectivity index (χ2n) is 2.49. The van der Waals surface area contributed by atoms with E-state index in [1.807, 2.05) is 11.8 Å². The molecule has 1 atom stereocenters. The molecule has 0 aliphatic rings. The van der Waals surface area contributed by atoms with Gasteiger partial charge in [-0.05, 0) is 17.4 Å². The SMILES string of the molecule is CCSCC(C)CC(=N)N. The Labute approximate surface area is 67.1 Å². The maximum Gasteiger partial charge on any atom is 0.0908 e. The molecule has 0 aromatic carbocycles. The Morgan fingerprint density at radius 3 is 2.70 bits per heavy atom. The van der Waals surface area contributed by atoms with Crippen LogP contribution in [0.15, 0.2) is 0 Å². The smallest absolute Gasteiger partial charge is 0.0908 e. The fourth-order valence-electron chi connectivity index (χ4n) is 0.753. The van der Waals surface area contributed by atoms with Gasteiger partial charge >= 0.3 is 0 Å². The molecule has 0 aliphatic carbocycles. The van der Waals surface area contributed by atoms with Gasteiger partial charge in [0, 0.05) is 6.42 Å². The second-order valence-corrected chi connectivity index (χ2v) is 3.81. The molecule has 0 aliphatic heterocycles. The Balaban J connectivity index is 3.25. The standard InChI is InChI=1S/C7H16N2S/c1-3-10-5-6(2)4-7(8)9/h6H,3-5H2,1-2H3,(H3,8,9). The quantitative estimate of drug-likeness (QED) is 0.475. The summed E-state index contributed by atoms with van der Waals surface area (Å²) in [6.45, 7) is 4.27. The Bertz CT molecular complexity index is 104. The molecule has 60 valence electrons. The lowest BCUT2D eigenvalue weighted by Gasteiger charge is -2.07. The molecule has 0 amide bonds. The molecule has 0 aromatic rings. The summed E-state index contributed by atoms with van der Waals surface area (Å²) in [7, 11) is 0. The molecule has 0 radical (unpaired) electrons. The first-order valence-corrected chi connectivity index (χ1v) is 4.73. The van der Waals surface area contributed by atoms with Crippen molar-refractivity contribution in [3.05, 3.63) is 0 Å². The van der Waals surface area contributed by atoms with Gasteiger partial charge in [-0.1, -0.05) is 13.8 Å². The van der Waals surface area contributed by atoms with Crippen LogP contribution in [-0.4, -0.2) is 17.3 Å². The highest BCUT2D eigenvalue weighted by Crippen LogP contribution is 2.10. The van der Waals surface area contributed by atoms with Gasteiger partial charge < -0.3 is 5.73 Å². The molecule has 0 aromatic heterocycles. The van der Waals surface area contributed by atoms with E-state index in [4.69, 9.17) is 11.1 Å². The van der Waals surface area contributed by atoms with Crippen LogP contribution in [-0.2, 0) is 0 Å². The zero-order chi connectivity index (χ0) is 7.98. The third-order valence-electron chi connectivity index (χ3n) is 1.17. The lowest BCUT2D eigenvalue weighted by Crippen LogP contribution is -2.15. The van der Waals surface area contributed by atoms with Crippen LogP contribution in [0.3, 0.4) is 0 Å². The first kappa shape index (κ1) is 9.82. The van der Waals surface area contributed by atoms with E-state index in [-0.39, 0.29) is 0 Å². The van der Waals surface area contributed by atoms with Gasteiger partial charge in [-0.3, -0.25) is 5.41 Å². The molecule has 0 bridgehead atoms. The molecule has 0 saturated heterocycles. The van der Waals surface area contributed by atoms with Crippen molar-refractivity contribution in [2.45, 2.75) is 20.3 Å². The molecule has 2 nitrogen and oxygen atoms in total. The highest BCUT2D eigenvalue weighted by molar-refractivity contribution is 7.99. The molecule has 1 unspecified atom stereocenters. The normalized spacial score (nSPS) is 13.0. The van der Waals surface area contributed by atoms with Gasteiger partial charge in [-0.2, -0.15) is 11.8 Å². The van der Waals surface area contributed by atoms with Crippen molar-refractivity contribution in [1.29, 1.82) is 5.41 Å². The van der Waals surface area contributed by atoms with E-state index in [1.165, 1.54) is 0 Å². The van der Waals surface area contributed by atoms with Crippen molar-refractivity contribution in [2.75, 3.05) is 11.5 Å². The topological polar surface area (TPSA) is 49.9 Å². The second kappa shape index (κ2) is 5.59. The van der Waals surface area contributed by atoms with Crippen molar-refractivity contribution in [3.63, 3.8) is 0 Å². The van der Waals surface area contributed by atoms with Gasteiger partial charge in [0.1, 0.15) is 0 Å². The Kier molecular flexibility index (Phi) is 5.49. The predicted octanol–water partition coefficient (Wildman–Crippen LogP) is 1.70. The zero-order valence-corrected chi connectivity index (χ0v) is 7.50. The summed E-state index contributed by atoms with van der Waals surface area (Å²) in [4.78, 5) is 0. The summed E-state index contributed by atoms with van der Waals surface area (Å²) in [6.07, 6.45) is 0.743. The van der Waals surface area contributed by atoms with E-state index in [1.54, 1.807) is 0 Å². The fourth-order valence-corrected chi connectivity index (χ4v) is 1.51. The van der Waals surface area contributed by atoms with Gasteiger partial charge in [-0.25, -0.2) is 0 Å². The Hall–Kier alpha value is -0.180. The van der Waals surface area contributed by atoms with Crippen LogP contribution in [0.2, 0.25) is 0 Å². The van der Waals surface area contributed by atoms with Crippen molar-refractivity contribution in [1.82, 2.24) is 0 Å². The van der Waals surface area contributed by atoms with Crippen LogP contribution < -0.4 is 5.73 Å². The number of amidine groups is 1. The molecule has 0 rings (SSSR count). The molecular weight excluding hydrogens is 144 g/mol. The van der Waals surface area contributed by atoms with Crippen LogP contribution in [0, 0.1) is 11.3 Å². The van der Waals surface area contributed by atoms with E-state index in [9.17, 15) is 0 Å². The summed E-state index contributed by atoms with van der Waals surface area (Å²) in [5.41, 5.74) is 5.24. The van der Waals surface area contributed by atoms with E-state index < -0.39 is 0 Å². The minimum Gasteiger partial charge on any atom is -0.388 e. The first-order valence-electron chi connectivity index (χ1n) is 3.57. The largest absolute Gasteiger partial charge is 0.388 e. The molecule has 10 heavy (non-hydrogen) atoms. The minimum atomic E-state index is 0.309. The highest BCUT2D eigenvalue weighted by Gasteiger charge is 2.01. The maximum atomic E-state index is 7.03. The molecule has 0 heterocycles. The lowest BCUT2D eigenvalue weighted by molar-refractivity contribution is 0.691. The number of nitrogens with one attached hydrogen (secondary N) is 1. The fraction of sp³-hybridized carbons (Fsp3) is 0.857. The van der Waals surface area contributed by atoms with Crippen molar-refractivity contribution >= 4 is 17.6 Å². The third-order valence-corrected chi connectivity index (χ3v) is 2.39. The zero-order valence-electron chi connectivity index (χ0n) is 6.68. The maximum absolute atomic E-state index is 7.03. The number of thioether (sulfide) groups is 1. The van der Waals surface area contributed by atoms with E-state index >= 15 is 0 Å². The molecule has 0 fully saturated rings. The number of hydrogen-bond acceptors (Lipinski definition) is 2. The van der Waals surface area contributed by atoms with Gasteiger partial charge in [-0.15, -0.1) is 0 Å². The molecule has 0 spiro atoms. The highest BCUT2D eigenvalue weighted by atomic mass is 32.2. The summed E-state index contributed by atoms with van der Waals surface area (Å²) >= 11 is 1.91. The summed E-state index contributed by atoms with van der Waals surface area (Å²) in [5.74, 6) is 3.14. The summed E-state index contributed by atoms with van der Waals surface area (Å²) in [5, 5.41) is 7.03. The van der Waals surface area contributed by atoms with Gasteiger partial charge in [0.05, 0.1) is 5.84 Å². The molecule has 3 heteroatoms. The monoisotopic (exact) mass is 160 g/mol. The summed E-state index contributed by atoms with van der Waals surface area (Å²) < 4.78 is 0. The van der Waals surface area contributed by atoms with Gasteiger partial charge in [0.15, 0.2) is 0 Å². The van der Waals surface area contributed by atoms with E-state index in [2.05, 4.69) is 13.8 Å². The van der Waals surface area contributed by atoms with Crippen molar-refractivity contribution < 1.29 is 0 Å². The van der Waals surface area contributed by atoms with Crippen molar-refractivity contribution in [2.24, 2.45) is 11.7 Å². The van der Waals surface area contributed by atoms with Crippen LogP contribution in [0.25, 0.3) is 0 Å². The minimum absolute atomic E-state index is 0.309. The average Bonchev–Trinajstić information content (AvgIpc) is 1.82. The first-order chi connectivity index (χ1) is 4.66. The molecule has 0 saturated carbocycles. The van der Waals surface area contributed by atoms with E-state index in [0.29, 0.717) is 11.8 Å². The lowest BCUT2D eigenvalue weighted by atomic mass is 10.1. The number of rotatable bonds is 5. The average molecular weight is 160 g/mol. The molecular formula is C7H16N2S. The number of nitrogens with two attached hydrogens (primary N) is 1. The van der Waals surface area contributed by atoms with Crippen LogP contribution in [0.5, 0.6) is 0 Å². The van der Waals surface area contributed by atoms with Crippen LogP contribution in [0.4, 0.5) is 0 Å². The third kappa shape index (κ3) is 5.95. The Morgan fingerprint density at radius 1 is 1.70 bits per heavy atom. The van der Waals surface area contributed by atoms with Crippen LogP contribution in [0.1, 0.15) is 20.3 Å². The number of hydrogen-bond donors (Lipinski definition) is 2. The van der Waals surface area contributed by atoms with Crippen LogP contribution >= 0.6 is 11.8 Å². The van der Waals surface area contributed by atoms with Gasteiger partial charge in [0.25, 0.3) is 0 Å².